The number of piperidine rings is 1. The minimum atomic E-state index is -4.70. The highest BCUT2D eigenvalue weighted by molar-refractivity contribution is 6.06. The SMILES string of the molecule is CC(C)(O)c1cc2nn(C3CCN(Cc4cccc(N5CCC(=O)NC5=O)c4)CC3)cc2cc1NC(=O)c1cccc(C(F)(F)F)n1. The quantitative estimate of drug-likeness (QED) is 0.250. The smallest absolute Gasteiger partial charge is 0.386 e. The number of aliphatic hydroxyl groups is 1. The number of nitrogens with zero attached hydrogens (tertiary/aromatic N) is 5. The molecular formula is C33H34F3N7O4. The van der Waals surface area contributed by atoms with E-state index in [1.54, 1.807) is 30.9 Å². The van der Waals surface area contributed by atoms with Crippen molar-refractivity contribution in [1.29, 1.82) is 0 Å². The molecule has 4 amide bonds. The van der Waals surface area contributed by atoms with Crippen molar-refractivity contribution in [3.8, 4) is 0 Å². The Bertz CT molecular complexity index is 1840. The van der Waals surface area contributed by atoms with Crippen molar-refractivity contribution in [2.24, 2.45) is 0 Å². The van der Waals surface area contributed by atoms with Crippen molar-refractivity contribution in [3.63, 3.8) is 0 Å². The zero-order chi connectivity index (χ0) is 33.5. The molecule has 6 rings (SSSR count). The predicted octanol–water partition coefficient (Wildman–Crippen LogP) is 5.21. The Morgan fingerprint density at radius 3 is 2.49 bits per heavy atom. The number of nitrogens with one attached hydrogen (secondary N) is 2. The monoisotopic (exact) mass is 649 g/mol. The molecule has 0 spiro atoms. The first-order valence-corrected chi connectivity index (χ1v) is 15.3. The van der Waals surface area contributed by atoms with Gasteiger partial charge in [-0.3, -0.25) is 29.4 Å². The third-order valence-electron chi connectivity index (χ3n) is 8.45. The van der Waals surface area contributed by atoms with Crippen LogP contribution >= 0.6 is 0 Å². The lowest BCUT2D eigenvalue weighted by molar-refractivity contribution is -0.141. The molecule has 2 saturated heterocycles. The zero-order valence-corrected chi connectivity index (χ0v) is 25.8. The number of halogens is 3. The highest BCUT2D eigenvalue weighted by Gasteiger charge is 2.33. The first-order chi connectivity index (χ1) is 22.2. The second kappa shape index (κ2) is 12.4. The average Bonchev–Trinajstić information content (AvgIpc) is 3.43. The second-order valence-electron chi connectivity index (χ2n) is 12.4. The van der Waals surface area contributed by atoms with Gasteiger partial charge in [0.05, 0.1) is 17.2 Å². The van der Waals surface area contributed by atoms with Gasteiger partial charge in [-0.2, -0.15) is 18.3 Å². The van der Waals surface area contributed by atoms with Gasteiger partial charge in [0.1, 0.15) is 11.4 Å². The first kappa shape index (κ1) is 32.1. The largest absolute Gasteiger partial charge is 0.433 e. The summed E-state index contributed by atoms with van der Waals surface area (Å²) in [5.41, 5.74) is 0.0706. The number of hydrogen-bond acceptors (Lipinski definition) is 7. The number of imide groups is 1. The van der Waals surface area contributed by atoms with E-state index in [9.17, 15) is 32.7 Å². The molecule has 4 aromatic rings. The number of pyridine rings is 1. The normalized spacial score (nSPS) is 16.9. The zero-order valence-electron chi connectivity index (χ0n) is 25.8. The molecule has 3 N–H and O–H groups in total. The number of benzene rings is 2. The summed E-state index contributed by atoms with van der Waals surface area (Å²) < 4.78 is 41.4. The van der Waals surface area contributed by atoms with Gasteiger partial charge in [0.25, 0.3) is 5.91 Å². The molecular weight excluding hydrogens is 615 g/mol. The third-order valence-corrected chi connectivity index (χ3v) is 8.45. The topological polar surface area (TPSA) is 133 Å². The van der Waals surface area contributed by atoms with Crippen LogP contribution in [0.1, 0.15) is 66.5 Å². The molecule has 0 bridgehead atoms. The average molecular weight is 650 g/mol. The Morgan fingerprint density at radius 1 is 1.04 bits per heavy atom. The van der Waals surface area contributed by atoms with Crippen molar-refractivity contribution in [1.82, 2.24) is 25.0 Å². The Balaban J connectivity index is 1.15. The van der Waals surface area contributed by atoms with Gasteiger partial charge in [-0.25, -0.2) is 9.78 Å². The minimum Gasteiger partial charge on any atom is -0.386 e. The molecule has 4 heterocycles. The Hall–Kier alpha value is -4.82. The number of anilines is 2. The van der Waals surface area contributed by atoms with Crippen molar-refractivity contribution in [2.75, 3.05) is 29.9 Å². The molecule has 0 aliphatic carbocycles. The molecule has 2 aromatic carbocycles. The van der Waals surface area contributed by atoms with Crippen LogP contribution in [0.15, 0.2) is 60.8 Å². The van der Waals surface area contributed by atoms with E-state index in [1.165, 1.54) is 6.07 Å². The number of urea groups is 1. The van der Waals surface area contributed by atoms with Gasteiger partial charge >= 0.3 is 12.2 Å². The fraction of sp³-hybridized carbons (Fsp3) is 0.364. The van der Waals surface area contributed by atoms with Crippen molar-refractivity contribution in [2.45, 2.75) is 57.5 Å². The predicted molar refractivity (Wildman–Crippen MR) is 168 cm³/mol. The van der Waals surface area contributed by atoms with Crippen LogP contribution in [0.2, 0.25) is 0 Å². The van der Waals surface area contributed by atoms with Crippen LogP contribution < -0.4 is 15.5 Å². The van der Waals surface area contributed by atoms with E-state index >= 15 is 0 Å². The molecule has 0 radical (unpaired) electrons. The van der Waals surface area contributed by atoms with Crippen LogP contribution in [0, 0.1) is 0 Å². The molecule has 2 fully saturated rings. The number of fused-ring (bicyclic) bond motifs is 1. The third kappa shape index (κ3) is 7.13. The van der Waals surface area contributed by atoms with E-state index in [4.69, 9.17) is 5.10 Å². The Morgan fingerprint density at radius 2 is 1.79 bits per heavy atom. The fourth-order valence-electron chi connectivity index (χ4n) is 6.03. The van der Waals surface area contributed by atoms with E-state index in [0.717, 1.165) is 49.3 Å². The Labute approximate surface area is 268 Å². The number of carbonyl (C=O) groups is 3. The molecule has 246 valence electrons. The van der Waals surface area contributed by atoms with Gasteiger partial charge in [0.2, 0.25) is 5.91 Å². The molecule has 2 aliphatic rings. The van der Waals surface area contributed by atoms with E-state index in [-0.39, 0.29) is 24.1 Å². The van der Waals surface area contributed by atoms with Gasteiger partial charge in [0.15, 0.2) is 0 Å². The van der Waals surface area contributed by atoms with Crippen LogP contribution in [0.5, 0.6) is 0 Å². The number of carbonyl (C=O) groups excluding carboxylic acids is 3. The van der Waals surface area contributed by atoms with Gasteiger partial charge < -0.3 is 10.4 Å². The maximum atomic E-state index is 13.2. The summed E-state index contributed by atoms with van der Waals surface area (Å²) >= 11 is 0. The van der Waals surface area contributed by atoms with Crippen molar-refractivity contribution >= 4 is 40.1 Å². The molecule has 0 saturated carbocycles. The van der Waals surface area contributed by atoms with Crippen LogP contribution in [-0.2, 0) is 23.1 Å². The van der Waals surface area contributed by atoms with Gasteiger partial charge in [-0.15, -0.1) is 0 Å². The number of alkyl halides is 3. The molecule has 2 aliphatic heterocycles. The lowest BCUT2D eigenvalue weighted by Crippen LogP contribution is -2.49. The standard InChI is InChI=1S/C33H34F3N7O4/c1-32(2,47)24-17-26-21(16-27(24)38-30(45)25-7-4-8-28(37-25)33(34,35)36)19-43(40-26)22-9-12-41(13-10-22)18-20-5-3-6-23(15-20)42-14-11-29(44)39-31(42)46/h3-8,15-17,19,22,47H,9-14,18H2,1-2H3,(H,38,45)(H,39,44,46). The summed E-state index contributed by atoms with van der Waals surface area (Å²) in [4.78, 5) is 44.2. The summed E-state index contributed by atoms with van der Waals surface area (Å²) in [7, 11) is 0. The van der Waals surface area contributed by atoms with E-state index in [0.29, 0.717) is 29.6 Å². The summed E-state index contributed by atoms with van der Waals surface area (Å²) in [6, 6.07) is 13.9. The molecule has 0 unspecified atom stereocenters. The summed E-state index contributed by atoms with van der Waals surface area (Å²) in [6.07, 6.45) is -0.904. The number of aromatic nitrogens is 3. The molecule has 47 heavy (non-hydrogen) atoms. The number of rotatable bonds is 7. The summed E-state index contributed by atoms with van der Waals surface area (Å²) in [6.45, 7) is 5.77. The molecule has 2 aromatic heterocycles. The van der Waals surface area contributed by atoms with Crippen molar-refractivity contribution < 1.29 is 32.7 Å². The van der Waals surface area contributed by atoms with Crippen molar-refractivity contribution in [3.05, 3.63) is 83.3 Å². The Kier molecular flexibility index (Phi) is 8.49. The van der Waals surface area contributed by atoms with Gasteiger partial charge in [-0.1, -0.05) is 18.2 Å². The maximum absolute atomic E-state index is 13.2. The fourth-order valence-corrected chi connectivity index (χ4v) is 6.03. The maximum Gasteiger partial charge on any atom is 0.433 e. The van der Waals surface area contributed by atoms with E-state index < -0.39 is 35.1 Å². The second-order valence-corrected chi connectivity index (χ2v) is 12.4. The number of hydrogen-bond donors (Lipinski definition) is 3. The molecule has 11 nitrogen and oxygen atoms in total. The number of amides is 4. The highest BCUT2D eigenvalue weighted by Crippen LogP contribution is 2.34. The summed E-state index contributed by atoms with van der Waals surface area (Å²) in [5, 5.41) is 21.4. The minimum absolute atomic E-state index is 0.109. The van der Waals surface area contributed by atoms with E-state index in [1.807, 2.05) is 35.1 Å². The van der Waals surface area contributed by atoms with Gasteiger partial charge in [-0.05, 0) is 68.7 Å². The van der Waals surface area contributed by atoms with Gasteiger partial charge in [0, 0.05) is 61.1 Å². The van der Waals surface area contributed by atoms with Crippen LogP contribution in [0.25, 0.3) is 10.9 Å². The molecule has 14 heteroatoms. The lowest BCUT2D eigenvalue weighted by Gasteiger charge is -2.32. The first-order valence-electron chi connectivity index (χ1n) is 15.3. The van der Waals surface area contributed by atoms with Crippen LogP contribution in [-0.4, -0.2) is 62.3 Å². The van der Waals surface area contributed by atoms with Crippen LogP contribution in [0.4, 0.5) is 29.3 Å². The van der Waals surface area contributed by atoms with Crippen LogP contribution in [0.3, 0.4) is 0 Å². The van der Waals surface area contributed by atoms with E-state index in [2.05, 4.69) is 20.5 Å². The molecule has 0 atom stereocenters. The lowest BCUT2D eigenvalue weighted by atomic mass is 9.95. The highest BCUT2D eigenvalue weighted by atomic mass is 19.4. The number of likely N-dealkylation sites (tertiary alicyclic amines) is 1. The summed E-state index contributed by atoms with van der Waals surface area (Å²) in [5.74, 6) is -1.10.